The highest BCUT2D eigenvalue weighted by Crippen LogP contribution is 2.29. The first kappa shape index (κ1) is 22.3. The summed E-state index contributed by atoms with van der Waals surface area (Å²) < 4.78 is 5.06. The average Bonchev–Trinajstić information content (AvgIpc) is 3.24. The van der Waals surface area contributed by atoms with E-state index in [0.29, 0.717) is 42.4 Å². The van der Waals surface area contributed by atoms with Gasteiger partial charge in [-0.1, -0.05) is 23.7 Å². The van der Waals surface area contributed by atoms with Crippen LogP contribution in [0.2, 0.25) is 5.02 Å². The molecule has 2 aromatic rings. The van der Waals surface area contributed by atoms with Crippen LogP contribution >= 0.6 is 22.9 Å². The number of carbonyl (C=O) groups is 3. The maximum Gasteiger partial charge on any atom is 0.309 e. The van der Waals surface area contributed by atoms with Crippen molar-refractivity contribution in [2.75, 3.05) is 33.3 Å². The second kappa shape index (κ2) is 10.1. The monoisotopic (exact) mass is 448 g/mol. The van der Waals surface area contributed by atoms with E-state index in [-0.39, 0.29) is 30.2 Å². The Morgan fingerprint density at radius 3 is 2.43 bits per heavy atom. The van der Waals surface area contributed by atoms with Gasteiger partial charge in [-0.2, -0.15) is 0 Å². The first-order chi connectivity index (χ1) is 14.4. The van der Waals surface area contributed by atoms with Crippen molar-refractivity contribution < 1.29 is 19.1 Å². The molecule has 0 aliphatic carbocycles. The van der Waals surface area contributed by atoms with Gasteiger partial charge < -0.3 is 14.5 Å². The van der Waals surface area contributed by atoms with Crippen LogP contribution in [0.1, 0.15) is 29.4 Å². The summed E-state index contributed by atoms with van der Waals surface area (Å²) in [6.45, 7) is 3.17. The van der Waals surface area contributed by atoms with Crippen LogP contribution in [0.4, 0.5) is 0 Å². The normalized spacial score (nSPS) is 14.4. The van der Waals surface area contributed by atoms with Crippen LogP contribution < -0.4 is 0 Å². The minimum absolute atomic E-state index is 0.0110. The van der Waals surface area contributed by atoms with Crippen LogP contribution in [0.25, 0.3) is 10.4 Å². The molecule has 160 valence electrons. The smallest absolute Gasteiger partial charge is 0.309 e. The summed E-state index contributed by atoms with van der Waals surface area (Å²) in [7, 11) is 1.63. The Bertz CT molecular complexity index is 904. The van der Waals surface area contributed by atoms with E-state index in [1.165, 1.54) is 16.2 Å². The van der Waals surface area contributed by atoms with Crippen LogP contribution in [0, 0.1) is 5.92 Å². The number of benzene rings is 1. The lowest BCUT2D eigenvalue weighted by molar-refractivity contribution is -0.151. The van der Waals surface area contributed by atoms with Crippen LogP contribution in [0.15, 0.2) is 36.4 Å². The number of likely N-dealkylation sites (N-methyl/N-ethyl adjacent to an activating group) is 1. The molecule has 0 N–H and O–H groups in total. The Labute approximate surface area is 185 Å². The molecule has 1 saturated heterocycles. The number of thiophene rings is 1. The summed E-state index contributed by atoms with van der Waals surface area (Å²) in [5.41, 5.74) is 0.992. The van der Waals surface area contributed by atoms with E-state index in [1.54, 1.807) is 24.9 Å². The first-order valence-electron chi connectivity index (χ1n) is 9.94. The van der Waals surface area contributed by atoms with Crippen LogP contribution in [0.3, 0.4) is 0 Å². The number of nitrogens with zero attached hydrogens (tertiary/aromatic N) is 2. The molecule has 1 aromatic carbocycles. The van der Waals surface area contributed by atoms with E-state index >= 15 is 0 Å². The Balaban J connectivity index is 1.54. The number of ether oxygens (including phenoxy) is 1. The van der Waals surface area contributed by atoms with E-state index in [1.807, 2.05) is 30.3 Å². The molecule has 0 bridgehead atoms. The van der Waals surface area contributed by atoms with E-state index in [0.717, 1.165) is 10.4 Å². The van der Waals surface area contributed by atoms with Crippen LogP contribution in [0.5, 0.6) is 0 Å². The lowest BCUT2D eigenvalue weighted by Gasteiger charge is -2.32. The molecule has 6 nitrogen and oxygen atoms in total. The van der Waals surface area contributed by atoms with E-state index in [2.05, 4.69) is 0 Å². The molecule has 1 aliphatic rings. The van der Waals surface area contributed by atoms with E-state index < -0.39 is 0 Å². The minimum Gasteiger partial charge on any atom is -0.466 e. The number of hydrogen-bond acceptors (Lipinski definition) is 5. The van der Waals surface area contributed by atoms with Gasteiger partial charge in [-0.15, -0.1) is 11.3 Å². The fourth-order valence-corrected chi connectivity index (χ4v) is 4.54. The summed E-state index contributed by atoms with van der Waals surface area (Å²) in [4.78, 5) is 41.9. The molecule has 2 amide bonds. The zero-order valence-corrected chi connectivity index (χ0v) is 18.7. The number of halogens is 1. The SMILES string of the molecule is CCOC(=O)C1CCN(C(=O)CN(C)C(=O)c2ccc(-c3ccc(Cl)cc3)s2)CC1. The van der Waals surface area contributed by atoms with Gasteiger partial charge in [0.05, 0.1) is 23.9 Å². The molecule has 1 fully saturated rings. The van der Waals surface area contributed by atoms with Gasteiger partial charge in [0.2, 0.25) is 5.91 Å². The number of esters is 1. The van der Waals surface area contributed by atoms with Crippen molar-refractivity contribution in [3.05, 3.63) is 46.3 Å². The third-order valence-electron chi connectivity index (χ3n) is 5.13. The van der Waals surface area contributed by atoms with Gasteiger partial charge in [0, 0.05) is 30.0 Å². The van der Waals surface area contributed by atoms with Crippen molar-refractivity contribution in [2.24, 2.45) is 5.92 Å². The quantitative estimate of drug-likeness (QED) is 0.628. The Kier molecular flexibility index (Phi) is 7.50. The molecule has 2 heterocycles. The molecule has 0 saturated carbocycles. The number of piperidine rings is 1. The fraction of sp³-hybridized carbons (Fsp3) is 0.409. The van der Waals surface area contributed by atoms with Crippen molar-refractivity contribution in [3.63, 3.8) is 0 Å². The Hall–Kier alpha value is -2.38. The third-order valence-corrected chi connectivity index (χ3v) is 6.51. The molecule has 3 rings (SSSR count). The molecule has 8 heteroatoms. The van der Waals surface area contributed by atoms with Gasteiger partial charge in [-0.05, 0) is 49.6 Å². The highest BCUT2D eigenvalue weighted by molar-refractivity contribution is 7.17. The van der Waals surface area contributed by atoms with Crippen LogP contribution in [-0.2, 0) is 14.3 Å². The molecule has 30 heavy (non-hydrogen) atoms. The molecule has 1 aliphatic heterocycles. The fourth-order valence-electron chi connectivity index (χ4n) is 3.41. The summed E-state index contributed by atoms with van der Waals surface area (Å²) in [6.07, 6.45) is 1.19. The summed E-state index contributed by atoms with van der Waals surface area (Å²) in [5, 5.41) is 0.663. The van der Waals surface area contributed by atoms with Crippen molar-refractivity contribution >= 4 is 40.7 Å². The van der Waals surface area contributed by atoms with Crippen molar-refractivity contribution in [3.8, 4) is 10.4 Å². The maximum atomic E-state index is 12.8. The van der Waals surface area contributed by atoms with Crippen molar-refractivity contribution in [1.29, 1.82) is 0 Å². The minimum atomic E-state index is -0.189. The molecule has 0 unspecified atom stereocenters. The number of amides is 2. The van der Waals surface area contributed by atoms with Gasteiger partial charge in [0.1, 0.15) is 0 Å². The summed E-state index contributed by atoms with van der Waals surface area (Å²) in [6, 6.07) is 11.1. The molecular formula is C22H25ClN2O4S. The predicted octanol–water partition coefficient (Wildman–Crippen LogP) is 3.94. The third kappa shape index (κ3) is 5.40. The zero-order valence-electron chi connectivity index (χ0n) is 17.1. The highest BCUT2D eigenvalue weighted by Gasteiger charge is 2.29. The maximum absolute atomic E-state index is 12.8. The van der Waals surface area contributed by atoms with Crippen molar-refractivity contribution in [2.45, 2.75) is 19.8 Å². The predicted molar refractivity (Wildman–Crippen MR) is 118 cm³/mol. The molecule has 0 spiro atoms. The van der Waals surface area contributed by atoms with Gasteiger partial charge in [0.15, 0.2) is 0 Å². The molecule has 0 radical (unpaired) electrons. The highest BCUT2D eigenvalue weighted by atomic mass is 35.5. The largest absolute Gasteiger partial charge is 0.466 e. The molecule has 1 aromatic heterocycles. The zero-order chi connectivity index (χ0) is 21.7. The van der Waals surface area contributed by atoms with E-state index in [9.17, 15) is 14.4 Å². The summed E-state index contributed by atoms with van der Waals surface area (Å²) >= 11 is 7.32. The van der Waals surface area contributed by atoms with E-state index in [4.69, 9.17) is 16.3 Å². The van der Waals surface area contributed by atoms with Gasteiger partial charge in [-0.25, -0.2) is 0 Å². The standard InChI is InChI=1S/C22H25ClN2O4S/c1-3-29-22(28)16-10-12-25(13-11-16)20(26)14-24(2)21(27)19-9-8-18(30-19)15-4-6-17(23)7-5-15/h4-9,16H,3,10-14H2,1-2H3. The lowest BCUT2D eigenvalue weighted by Crippen LogP contribution is -2.45. The number of carbonyl (C=O) groups excluding carboxylic acids is 3. The lowest BCUT2D eigenvalue weighted by atomic mass is 9.97. The summed E-state index contributed by atoms with van der Waals surface area (Å²) in [5.74, 6) is -0.630. The second-order valence-corrected chi connectivity index (χ2v) is 8.76. The molecular weight excluding hydrogens is 424 g/mol. The second-order valence-electron chi connectivity index (χ2n) is 7.24. The number of hydrogen-bond donors (Lipinski definition) is 0. The number of rotatable bonds is 6. The van der Waals surface area contributed by atoms with Crippen molar-refractivity contribution in [1.82, 2.24) is 9.80 Å². The van der Waals surface area contributed by atoms with Gasteiger partial charge in [0.25, 0.3) is 5.91 Å². The molecule has 0 atom stereocenters. The number of likely N-dealkylation sites (tertiary alicyclic amines) is 1. The first-order valence-corrected chi connectivity index (χ1v) is 11.1. The Morgan fingerprint density at radius 2 is 1.80 bits per heavy atom. The van der Waals surface area contributed by atoms with Crippen LogP contribution in [-0.4, -0.2) is 60.9 Å². The topological polar surface area (TPSA) is 66.9 Å². The average molecular weight is 449 g/mol. The van der Waals surface area contributed by atoms with Gasteiger partial charge in [-0.3, -0.25) is 14.4 Å². The Morgan fingerprint density at radius 1 is 1.13 bits per heavy atom. The van der Waals surface area contributed by atoms with Gasteiger partial charge >= 0.3 is 5.97 Å².